The third kappa shape index (κ3) is 4.06. The molecule has 0 bridgehead atoms. The summed E-state index contributed by atoms with van der Waals surface area (Å²) in [5.41, 5.74) is 17.4. The van der Waals surface area contributed by atoms with E-state index in [0.29, 0.717) is 0 Å². The second-order valence-corrected chi connectivity index (χ2v) is 16.9. The van der Waals surface area contributed by atoms with E-state index in [9.17, 15) is 0 Å². The van der Waals surface area contributed by atoms with Gasteiger partial charge in [0.25, 0.3) is 0 Å². The van der Waals surface area contributed by atoms with Crippen molar-refractivity contribution in [1.29, 1.82) is 0 Å². The Balaban J connectivity index is 0.00000289. The van der Waals surface area contributed by atoms with Gasteiger partial charge in [0.2, 0.25) is 0 Å². The first kappa shape index (κ1) is 25.3. The van der Waals surface area contributed by atoms with Crippen LogP contribution in [0.5, 0.6) is 0 Å². The Hall–Kier alpha value is -1.28. The summed E-state index contributed by atoms with van der Waals surface area (Å²) in [5, 5.41) is 0. The smallest absolute Gasteiger partial charge is 1.00 e. The van der Waals surface area contributed by atoms with Crippen LogP contribution in [0.4, 0.5) is 0 Å². The van der Waals surface area contributed by atoms with Gasteiger partial charge in [-0.2, -0.15) is 0 Å². The van der Waals surface area contributed by atoms with E-state index in [-0.39, 0.29) is 18.9 Å². The fourth-order valence-electron chi connectivity index (χ4n) is 6.26. The van der Waals surface area contributed by atoms with Gasteiger partial charge in [0.1, 0.15) is 0 Å². The predicted octanol–water partition coefficient (Wildman–Crippen LogP) is 2.00. The molecule has 1 saturated heterocycles. The van der Waals surface area contributed by atoms with Gasteiger partial charge in [-0.3, -0.25) is 0 Å². The Morgan fingerprint density at radius 2 is 0.750 bits per heavy atom. The minimum Gasteiger partial charge on any atom is 1.00 e. The van der Waals surface area contributed by atoms with Gasteiger partial charge in [0.05, 0.1) is 0 Å². The van der Waals surface area contributed by atoms with Gasteiger partial charge >= 0.3 is 210 Å². The summed E-state index contributed by atoms with van der Waals surface area (Å²) < 4.78 is 7.21. The van der Waals surface area contributed by atoms with Gasteiger partial charge in [-0.1, -0.05) is 0 Å². The minimum atomic E-state index is -3.31. The maximum atomic E-state index is 4.93. The maximum absolute atomic E-state index is 4.93. The van der Waals surface area contributed by atoms with E-state index in [1.165, 1.54) is 50.1 Å². The number of hydrogen-bond acceptors (Lipinski definition) is 1. The number of rotatable bonds is 4. The fourth-order valence-corrected chi connectivity index (χ4v) is 18.6. The van der Waals surface area contributed by atoms with Crippen molar-refractivity contribution in [2.24, 2.45) is 0 Å². The van der Waals surface area contributed by atoms with Crippen LogP contribution in [0.3, 0.4) is 0 Å². The molecule has 1 aliphatic rings. The first-order chi connectivity index (χ1) is 14.6. The molecule has 1 atom stereocenters. The molecule has 1 heterocycles. The number of benzene rings is 3. The number of aryl methyl sites for hydroxylation is 9. The van der Waals surface area contributed by atoms with Crippen molar-refractivity contribution in [3.05, 3.63) is 91.9 Å². The van der Waals surface area contributed by atoms with Crippen LogP contribution in [0.2, 0.25) is 0 Å². The molecule has 4 heteroatoms. The van der Waals surface area contributed by atoms with E-state index < -0.39 is 13.5 Å². The zero-order valence-electron chi connectivity index (χ0n) is 21.6. The van der Waals surface area contributed by atoms with Crippen LogP contribution in [-0.4, -0.2) is 24.1 Å². The molecule has 3 aromatic carbocycles. The summed E-state index contributed by atoms with van der Waals surface area (Å²) >= 11 is -3.31. The van der Waals surface area contributed by atoms with E-state index in [1.54, 1.807) is 13.2 Å². The van der Waals surface area contributed by atoms with Crippen LogP contribution in [0.25, 0.3) is 5.43 Å². The molecule has 3 aromatic rings. The topological polar surface area (TPSA) is 17.1 Å². The second-order valence-electron chi connectivity index (χ2n) is 9.71. The molecule has 1 unspecified atom stereocenters. The first-order valence-electron chi connectivity index (χ1n) is 11.3. The summed E-state index contributed by atoms with van der Waals surface area (Å²) in [5.74, 6) is 0. The average Bonchev–Trinajstić information content (AvgIpc) is 3.43. The Morgan fingerprint density at radius 1 is 0.531 bits per heavy atom. The molecular weight excluding hydrogens is 444 g/mol. The fraction of sp³-hybridized carbons (Fsp3) is 0.357. The van der Waals surface area contributed by atoms with Gasteiger partial charge in [-0.15, -0.1) is 0 Å². The molecule has 1 aliphatic heterocycles. The molecule has 0 aromatic heterocycles. The van der Waals surface area contributed by atoms with Gasteiger partial charge in [0, 0.05) is 0 Å². The summed E-state index contributed by atoms with van der Waals surface area (Å²) in [6, 6.07) is 14.3. The van der Waals surface area contributed by atoms with Crippen LogP contribution < -0.4 is 32.0 Å². The first-order valence-corrected chi connectivity index (χ1v) is 15.4. The Kier molecular flexibility index (Phi) is 7.26. The second kappa shape index (κ2) is 9.16. The Labute approximate surface area is 209 Å². The average molecular weight is 479 g/mol. The zero-order valence-corrected chi connectivity index (χ0v) is 23.7. The van der Waals surface area contributed by atoms with E-state index in [4.69, 9.17) is 5.43 Å². The molecule has 1 fully saturated rings. The Bertz CT molecular complexity index is 986. The van der Waals surface area contributed by atoms with Crippen molar-refractivity contribution in [2.75, 3.05) is 6.67 Å². The quantitative estimate of drug-likeness (QED) is 0.414. The summed E-state index contributed by atoms with van der Waals surface area (Å²) in [6.45, 7) is 21.4. The van der Waals surface area contributed by atoms with E-state index in [1.807, 2.05) is 0 Å². The van der Waals surface area contributed by atoms with E-state index >= 15 is 0 Å². The van der Waals surface area contributed by atoms with Crippen molar-refractivity contribution in [1.82, 2.24) is 3.97 Å². The minimum absolute atomic E-state index is 0. The van der Waals surface area contributed by atoms with E-state index in [0.717, 1.165) is 6.67 Å². The number of hydrogen-bond donors (Lipinski definition) is 0. The van der Waals surface area contributed by atoms with Crippen LogP contribution in [0.15, 0.2) is 36.4 Å². The van der Waals surface area contributed by atoms with Crippen molar-refractivity contribution in [3.63, 3.8) is 0 Å². The normalized spacial score (nSPS) is 15.5. The SMILES string of the molecule is Cc1cc(C)[c]([Ge]([c]2c(C)cc(C)cc2C)([c]2c(C)cc(C)cc2C)[N]2C[N-]2)c(C)c1.[Li+]. The molecular formula is C28H35GeLiN2. The predicted molar refractivity (Wildman–Crippen MR) is 137 cm³/mol. The van der Waals surface area contributed by atoms with Crippen molar-refractivity contribution in [2.45, 2.75) is 62.3 Å². The monoisotopic (exact) mass is 480 g/mol. The van der Waals surface area contributed by atoms with E-state index in [2.05, 4.69) is 103 Å². The number of nitrogens with zero attached hydrogens (tertiary/aromatic N) is 2. The Morgan fingerprint density at radius 3 is 0.938 bits per heavy atom. The van der Waals surface area contributed by atoms with Crippen LogP contribution in [-0.2, 0) is 0 Å². The summed E-state index contributed by atoms with van der Waals surface area (Å²) in [7, 11) is 0. The van der Waals surface area contributed by atoms with Gasteiger partial charge in [-0.25, -0.2) is 0 Å². The van der Waals surface area contributed by atoms with Crippen molar-refractivity contribution in [3.8, 4) is 0 Å². The van der Waals surface area contributed by atoms with Gasteiger partial charge in [0.15, 0.2) is 0 Å². The van der Waals surface area contributed by atoms with Crippen LogP contribution >= 0.6 is 0 Å². The van der Waals surface area contributed by atoms with Gasteiger partial charge in [-0.05, 0) is 0 Å². The molecule has 0 aliphatic carbocycles. The van der Waals surface area contributed by atoms with Crippen molar-refractivity contribution < 1.29 is 18.9 Å². The molecule has 0 amide bonds. The zero-order chi connectivity index (χ0) is 22.7. The van der Waals surface area contributed by atoms with Gasteiger partial charge < -0.3 is 0 Å². The van der Waals surface area contributed by atoms with Crippen molar-refractivity contribution >= 4 is 26.7 Å². The molecule has 0 spiro atoms. The summed E-state index contributed by atoms with van der Waals surface area (Å²) in [6.07, 6.45) is 0. The molecule has 4 rings (SSSR count). The maximum Gasteiger partial charge on any atom is 1.00 e. The molecule has 0 saturated carbocycles. The van der Waals surface area contributed by atoms with Crippen LogP contribution in [0, 0.1) is 62.3 Å². The largest absolute Gasteiger partial charge is 1.00 e. The molecule has 0 radical (unpaired) electrons. The molecule has 162 valence electrons. The summed E-state index contributed by atoms with van der Waals surface area (Å²) in [4.78, 5) is 0. The molecule has 32 heavy (non-hydrogen) atoms. The molecule has 2 nitrogen and oxygen atoms in total. The van der Waals surface area contributed by atoms with Crippen LogP contribution in [0.1, 0.15) is 50.1 Å². The molecule has 0 N–H and O–H groups in total. The third-order valence-electron chi connectivity index (χ3n) is 6.79. The third-order valence-corrected chi connectivity index (χ3v) is 18.5. The standard InChI is InChI=1S/C28H35GeN2.Li/c1-17-10-20(4)26(21(5)11-17)29(31-16-30-31,27-22(6)12-18(2)13-23(27)7)28-24(8)14-19(3)15-25(28)9;/h10-15H,16H2,1-9H3;/q-1;+1.